The standard InChI is InChI=1S/C35H50N2S/c1-22(2)10-9-11-23(3)28-16-17-29-26-15-14-25-20-31-27(21-35(25,5)30(26)18-19-34(28,29)4)32(37-33(38)36-31)24-12-7-6-8-13-24/h6-8,12-13,20,22-23,26,28-30,32H,9-11,14-19,21H2,1-5H3,(H2,36,37,38)/t23-,26?,28-,29?,30?,32?,34-,35+/m1/s1. The van der Waals surface area contributed by atoms with Crippen molar-refractivity contribution in [3.05, 3.63) is 58.8 Å². The fourth-order valence-corrected chi connectivity index (χ4v) is 10.5. The summed E-state index contributed by atoms with van der Waals surface area (Å²) in [6.45, 7) is 12.7. The Kier molecular flexibility index (Phi) is 7.07. The molecule has 0 bridgehead atoms. The molecule has 8 atom stereocenters. The predicted molar refractivity (Wildman–Crippen MR) is 164 cm³/mol. The number of thiocarbonyl (C=S) groups is 1. The zero-order chi connectivity index (χ0) is 26.7. The first-order valence-corrected chi connectivity index (χ1v) is 16.2. The quantitative estimate of drug-likeness (QED) is 0.359. The van der Waals surface area contributed by atoms with Crippen molar-refractivity contribution >= 4 is 17.3 Å². The van der Waals surface area contributed by atoms with Crippen LogP contribution in [-0.2, 0) is 0 Å². The molecule has 1 heterocycles. The van der Waals surface area contributed by atoms with Crippen LogP contribution in [-0.4, -0.2) is 5.11 Å². The van der Waals surface area contributed by atoms with Gasteiger partial charge in [-0.15, -0.1) is 0 Å². The topological polar surface area (TPSA) is 24.1 Å². The van der Waals surface area contributed by atoms with Crippen LogP contribution in [0.4, 0.5) is 0 Å². The lowest BCUT2D eigenvalue weighted by atomic mass is 9.46. The van der Waals surface area contributed by atoms with Crippen LogP contribution in [0.25, 0.3) is 0 Å². The molecule has 0 saturated heterocycles. The van der Waals surface area contributed by atoms with Crippen LogP contribution in [0.2, 0.25) is 0 Å². The van der Waals surface area contributed by atoms with E-state index in [0.29, 0.717) is 5.41 Å². The molecule has 0 radical (unpaired) electrons. The molecule has 0 amide bonds. The summed E-state index contributed by atoms with van der Waals surface area (Å²) >= 11 is 5.67. The zero-order valence-corrected chi connectivity index (χ0v) is 25.3. The Balaban J connectivity index is 1.24. The molecule has 1 aliphatic heterocycles. The highest BCUT2D eigenvalue weighted by atomic mass is 32.1. The van der Waals surface area contributed by atoms with E-state index in [1.165, 1.54) is 74.6 Å². The lowest BCUT2D eigenvalue weighted by Crippen LogP contribution is -2.52. The van der Waals surface area contributed by atoms with Crippen molar-refractivity contribution in [3.8, 4) is 0 Å². The van der Waals surface area contributed by atoms with Crippen LogP contribution >= 0.6 is 12.2 Å². The Morgan fingerprint density at radius 1 is 0.974 bits per heavy atom. The molecule has 3 saturated carbocycles. The molecule has 6 rings (SSSR count). The largest absolute Gasteiger partial charge is 0.352 e. The van der Waals surface area contributed by atoms with Crippen LogP contribution in [0.15, 0.2) is 53.3 Å². The van der Waals surface area contributed by atoms with Crippen molar-refractivity contribution in [3.63, 3.8) is 0 Å². The minimum atomic E-state index is 0.186. The van der Waals surface area contributed by atoms with Crippen LogP contribution in [0.1, 0.15) is 110 Å². The molecular formula is C35H50N2S. The summed E-state index contributed by atoms with van der Waals surface area (Å²) in [7, 11) is 0. The highest BCUT2D eigenvalue weighted by molar-refractivity contribution is 7.80. The van der Waals surface area contributed by atoms with Crippen molar-refractivity contribution in [1.82, 2.24) is 10.6 Å². The summed E-state index contributed by atoms with van der Waals surface area (Å²) < 4.78 is 0. The third-order valence-electron chi connectivity index (χ3n) is 12.2. The van der Waals surface area contributed by atoms with Gasteiger partial charge in [-0.05, 0) is 121 Å². The van der Waals surface area contributed by atoms with Gasteiger partial charge < -0.3 is 10.6 Å². The second-order valence-electron chi connectivity index (χ2n) is 14.6. The highest BCUT2D eigenvalue weighted by Crippen LogP contribution is 2.68. The minimum absolute atomic E-state index is 0.186. The van der Waals surface area contributed by atoms with Gasteiger partial charge in [0.1, 0.15) is 0 Å². The third-order valence-corrected chi connectivity index (χ3v) is 12.4. The molecule has 38 heavy (non-hydrogen) atoms. The SMILES string of the molecule is CC(C)CCC[C@@H](C)[C@H]1CCC2C3CCC4=CC5=C(C[C@]4(C)C3CC[C@@]21C)C(c1ccccc1)NC(=S)N5. The lowest BCUT2D eigenvalue weighted by molar-refractivity contribution is -0.0560. The Hall–Kier alpha value is -1.61. The van der Waals surface area contributed by atoms with Crippen LogP contribution in [0.5, 0.6) is 0 Å². The molecule has 5 aliphatic rings. The Bertz CT molecular complexity index is 1120. The zero-order valence-electron chi connectivity index (χ0n) is 24.5. The van der Waals surface area contributed by atoms with Crippen molar-refractivity contribution in [2.24, 2.45) is 46.3 Å². The second kappa shape index (κ2) is 10.1. The normalized spacial score (nSPS) is 38.8. The van der Waals surface area contributed by atoms with Gasteiger partial charge in [0, 0.05) is 5.70 Å². The van der Waals surface area contributed by atoms with Crippen LogP contribution < -0.4 is 10.6 Å². The molecule has 3 fully saturated rings. The fraction of sp³-hybridized carbons (Fsp3) is 0.686. The Labute approximate surface area is 237 Å². The van der Waals surface area contributed by atoms with Gasteiger partial charge in [0.15, 0.2) is 5.11 Å². The molecule has 2 nitrogen and oxygen atoms in total. The van der Waals surface area contributed by atoms with E-state index >= 15 is 0 Å². The van der Waals surface area contributed by atoms with E-state index in [2.05, 4.69) is 81.7 Å². The maximum atomic E-state index is 5.67. The first-order valence-electron chi connectivity index (χ1n) is 15.8. The summed E-state index contributed by atoms with van der Waals surface area (Å²) in [6.07, 6.45) is 16.4. The lowest BCUT2D eigenvalue weighted by Gasteiger charge is -2.59. The number of nitrogens with one attached hydrogen (secondary N) is 2. The van der Waals surface area contributed by atoms with E-state index in [4.69, 9.17) is 12.2 Å². The third kappa shape index (κ3) is 4.40. The molecular weight excluding hydrogens is 480 g/mol. The number of rotatable bonds is 6. The van der Waals surface area contributed by atoms with E-state index < -0.39 is 0 Å². The maximum absolute atomic E-state index is 5.67. The van der Waals surface area contributed by atoms with E-state index in [9.17, 15) is 0 Å². The second-order valence-corrected chi connectivity index (χ2v) is 15.0. The van der Waals surface area contributed by atoms with Crippen molar-refractivity contribution < 1.29 is 0 Å². The van der Waals surface area contributed by atoms with Gasteiger partial charge in [-0.2, -0.15) is 0 Å². The van der Waals surface area contributed by atoms with Gasteiger partial charge in [-0.1, -0.05) is 89.8 Å². The number of allylic oxidation sites excluding steroid dienone is 2. The predicted octanol–water partition coefficient (Wildman–Crippen LogP) is 9.11. The molecule has 206 valence electrons. The van der Waals surface area contributed by atoms with Gasteiger partial charge in [-0.3, -0.25) is 0 Å². The highest BCUT2D eigenvalue weighted by Gasteiger charge is 2.59. The fourth-order valence-electron chi connectivity index (χ4n) is 10.3. The van der Waals surface area contributed by atoms with Crippen LogP contribution in [0, 0.1) is 46.3 Å². The number of fused-ring (bicyclic) bond motifs is 5. The summed E-state index contributed by atoms with van der Waals surface area (Å²) in [5.41, 5.74) is 6.67. The van der Waals surface area contributed by atoms with Gasteiger partial charge in [-0.25, -0.2) is 0 Å². The van der Waals surface area contributed by atoms with Gasteiger partial charge in [0.25, 0.3) is 0 Å². The van der Waals surface area contributed by atoms with Crippen LogP contribution in [0.3, 0.4) is 0 Å². The minimum Gasteiger partial charge on any atom is -0.352 e. The van der Waals surface area contributed by atoms with Crippen molar-refractivity contribution in [1.29, 1.82) is 0 Å². The molecule has 4 aliphatic carbocycles. The summed E-state index contributed by atoms with van der Waals surface area (Å²) in [5.74, 6) is 5.29. The number of hydrogen-bond acceptors (Lipinski definition) is 1. The van der Waals surface area contributed by atoms with Gasteiger partial charge in [0.2, 0.25) is 0 Å². The van der Waals surface area contributed by atoms with Crippen molar-refractivity contribution in [2.45, 2.75) is 105 Å². The Morgan fingerprint density at radius 3 is 2.53 bits per heavy atom. The molecule has 2 N–H and O–H groups in total. The van der Waals surface area contributed by atoms with E-state index in [-0.39, 0.29) is 11.5 Å². The van der Waals surface area contributed by atoms with Gasteiger partial charge in [0.05, 0.1) is 6.04 Å². The first kappa shape index (κ1) is 26.6. The summed E-state index contributed by atoms with van der Waals surface area (Å²) in [4.78, 5) is 0. The monoisotopic (exact) mass is 530 g/mol. The maximum Gasteiger partial charge on any atom is 0.171 e. The molecule has 4 unspecified atom stereocenters. The molecule has 0 spiro atoms. The Morgan fingerprint density at radius 2 is 1.76 bits per heavy atom. The molecule has 1 aromatic rings. The van der Waals surface area contributed by atoms with E-state index in [1.807, 2.05) is 0 Å². The average Bonchev–Trinajstić information content (AvgIpc) is 3.25. The summed E-state index contributed by atoms with van der Waals surface area (Å²) in [6, 6.07) is 11.1. The molecule has 3 heteroatoms. The smallest absolute Gasteiger partial charge is 0.171 e. The van der Waals surface area contributed by atoms with E-state index in [1.54, 1.807) is 5.57 Å². The van der Waals surface area contributed by atoms with Gasteiger partial charge >= 0.3 is 0 Å². The molecule has 1 aromatic carbocycles. The number of benzene rings is 1. The van der Waals surface area contributed by atoms with E-state index in [0.717, 1.165) is 47.0 Å². The summed E-state index contributed by atoms with van der Waals surface area (Å²) in [5, 5.41) is 7.95. The average molecular weight is 531 g/mol. The van der Waals surface area contributed by atoms with Crippen molar-refractivity contribution in [2.75, 3.05) is 0 Å². The number of hydrogen-bond donors (Lipinski definition) is 2. The molecule has 0 aromatic heterocycles. The first-order chi connectivity index (χ1) is 18.2.